The minimum absolute atomic E-state index is 0.0159. The van der Waals surface area contributed by atoms with Gasteiger partial charge in [0.2, 0.25) is 0 Å². The summed E-state index contributed by atoms with van der Waals surface area (Å²) in [5.41, 5.74) is 0.801. The molecule has 1 N–H and O–H groups in total. The molecule has 1 heterocycles. The smallest absolute Gasteiger partial charge is 0.264 e. The summed E-state index contributed by atoms with van der Waals surface area (Å²) in [7, 11) is -3.74. The van der Waals surface area contributed by atoms with Crippen LogP contribution in [0, 0.1) is 6.92 Å². The molecule has 17 heavy (non-hydrogen) atoms. The molecule has 0 saturated carbocycles. The van der Waals surface area contributed by atoms with Crippen molar-refractivity contribution in [1.82, 2.24) is 5.16 Å². The van der Waals surface area contributed by atoms with E-state index in [1.807, 2.05) is 0 Å². The lowest BCUT2D eigenvalue weighted by Gasteiger charge is -2.07. The van der Waals surface area contributed by atoms with Crippen molar-refractivity contribution in [2.24, 2.45) is 0 Å². The van der Waals surface area contributed by atoms with Crippen LogP contribution in [0.3, 0.4) is 0 Å². The lowest BCUT2D eigenvalue weighted by Crippen LogP contribution is -2.13. The summed E-state index contributed by atoms with van der Waals surface area (Å²) < 4.78 is 30.8. The molecule has 0 spiro atoms. The normalized spacial score (nSPS) is 11.4. The Morgan fingerprint density at radius 3 is 2.76 bits per heavy atom. The van der Waals surface area contributed by atoms with E-state index in [1.165, 1.54) is 24.5 Å². The van der Waals surface area contributed by atoms with Gasteiger partial charge in [-0.3, -0.25) is 4.72 Å². The van der Waals surface area contributed by atoms with Crippen LogP contribution in [0.15, 0.2) is 39.9 Å². The number of benzene rings is 1. The molecule has 0 aliphatic carbocycles. The van der Waals surface area contributed by atoms with Crippen LogP contribution in [0.4, 0.5) is 5.82 Å². The van der Waals surface area contributed by atoms with Crippen LogP contribution in [0.1, 0.15) is 5.56 Å². The van der Waals surface area contributed by atoms with Gasteiger partial charge in [-0.25, -0.2) is 8.42 Å². The predicted molar refractivity (Wildman–Crippen MR) is 63.5 cm³/mol. The van der Waals surface area contributed by atoms with E-state index in [4.69, 9.17) is 11.6 Å². The monoisotopic (exact) mass is 272 g/mol. The Morgan fingerprint density at radius 2 is 2.12 bits per heavy atom. The van der Waals surface area contributed by atoms with Crippen LogP contribution >= 0.6 is 11.6 Å². The van der Waals surface area contributed by atoms with Crippen molar-refractivity contribution in [2.75, 3.05) is 4.72 Å². The Morgan fingerprint density at radius 1 is 1.35 bits per heavy atom. The van der Waals surface area contributed by atoms with Gasteiger partial charge in [0, 0.05) is 6.07 Å². The van der Waals surface area contributed by atoms with Gasteiger partial charge < -0.3 is 4.52 Å². The molecular formula is C10H9ClN2O3S. The fourth-order valence-corrected chi connectivity index (χ4v) is 2.85. The summed E-state index contributed by atoms with van der Waals surface area (Å²) in [4.78, 5) is 0.0159. The van der Waals surface area contributed by atoms with E-state index < -0.39 is 10.0 Å². The second-order valence-electron chi connectivity index (χ2n) is 3.42. The number of aromatic nitrogens is 1. The summed E-state index contributed by atoms with van der Waals surface area (Å²) in [6.07, 6.45) is 1.27. The van der Waals surface area contributed by atoms with Crippen molar-refractivity contribution in [3.63, 3.8) is 0 Å². The highest BCUT2D eigenvalue weighted by molar-refractivity contribution is 7.92. The Bertz CT molecular complexity index is 623. The van der Waals surface area contributed by atoms with Gasteiger partial charge in [-0.2, -0.15) is 0 Å². The summed E-state index contributed by atoms with van der Waals surface area (Å²) in [6.45, 7) is 1.78. The Balaban J connectivity index is 2.41. The van der Waals surface area contributed by atoms with Gasteiger partial charge in [0.15, 0.2) is 5.82 Å². The highest BCUT2D eigenvalue weighted by Crippen LogP contribution is 2.24. The zero-order chi connectivity index (χ0) is 12.5. The van der Waals surface area contributed by atoms with Crippen molar-refractivity contribution in [3.8, 4) is 0 Å². The topological polar surface area (TPSA) is 72.2 Å². The molecule has 0 atom stereocenters. The van der Waals surface area contributed by atoms with Crippen LogP contribution in [-0.2, 0) is 10.0 Å². The molecule has 7 heteroatoms. The minimum Gasteiger partial charge on any atom is -0.363 e. The highest BCUT2D eigenvalue weighted by atomic mass is 35.5. The first kappa shape index (κ1) is 11.9. The predicted octanol–water partition coefficient (Wildman–Crippen LogP) is 2.44. The standard InChI is InChI=1S/C10H9ClN2O3S/c1-7-2-3-8(11)9(6-7)17(14,15)13-10-4-5-16-12-10/h2-6H,1H3,(H,12,13). The van der Waals surface area contributed by atoms with Gasteiger partial charge in [0.25, 0.3) is 10.0 Å². The molecule has 90 valence electrons. The van der Waals surface area contributed by atoms with Gasteiger partial charge in [-0.05, 0) is 24.6 Å². The van der Waals surface area contributed by atoms with Gasteiger partial charge in [0.05, 0.1) is 5.02 Å². The van der Waals surface area contributed by atoms with Crippen molar-refractivity contribution in [1.29, 1.82) is 0 Å². The number of nitrogens with one attached hydrogen (secondary N) is 1. The summed E-state index contributed by atoms with van der Waals surface area (Å²) in [5, 5.41) is 3.63. The molecule has 1 aromatic carbocycles. The molecule has 2 aromatic rings. The summed E-state index contributed by atoms with van der Waals surface area (Å²) >= 11 is 5.86. The van der Waals surface area contributed by atoms with E-state index in [2.05, 4.69) is 14.4 Å². The van der Waals surface area contributed by atoms with Crippen LogP contribution in [0.5, 0.6) is 0 Å². The first-order chi connectivity index (χ1) is 7.99. The molecule has 0 saturated heterocycles. The molecule has 5 nitrogen and oxygen atoms in total. The first-order valence-electron chi connectivity index (χ1n) is 4.68. The number of nitrogens with zero attached hydrogens (tertiary/aromatic N) is 1. The number of hydrogen-bond donors (Lipinski definition) is 1. The van der Waals surface area contributed by atoms with E-state index in [1.54, 1.807) is 13.0 Å². The van der Waals surface area contributed by atoms with Crippen molar-refractivity contribution < 1.29 is 12.9 Å². The molecule has 1 aromatic heterocycles. The van der Waals surface area contributed by atoms with Crippen molar-refractivity contribution >= 4 is 27.4 Å². The molecule has 0 unspecified atom stereocenters. The van der Waals surface area contributed by atoms with E-state index in [9.17, 15) is 8.42 Å². The molecule has 0 radical (unpaired) electrons. The second kappa shape index (κ2) is 4.38. The summed E-state index contributed by atoms with van der Waals surface area (Å²) in [6, 6.07) is 6.16. The molecule has 0 fully saturated rings. The lowest BCUT2D eigenvalue weighted by molar-refractivity contribution is 0.423. The molecular weight excluding hydrogens is 264 g/mol. The van der Waals surface area contributed by atoms with E-state index in [0.717, 1.165) is 5.56 Å². The van der Waals surface area contributed by atoms with Crippen LogP contribution in [0.2, 0.25) is 5.02 Å². The second-order valence-corrected chi connectivity index (χ2v) is 5.48. The van der Waals surface area contributed by atoms with Crippen LogP contribution in [-0.4, -0.2) is 13.6 Å². The Hall–Kier alpha value is -1.53. The maximum absolute atomic E-state index is 12.0. The number of sulfonamides is 1. The van der Waals surface area contributed by atoms with Gasteiger partial charge in [-0.1, -0.05) is 22.8 Å². The van der Waals surface area contributed by atoms with Gasteiger partial charge >= 0.3 is 0 Å². The molecule has 0 bridgehead atoms. The third-order valence-corrected chi connectivity index (χ3v) is 3.89. The van der Waals surface area contributed by atoms with Crippen LogP contribution in [0.25, 0.3) is 0 Å². The van der Waals surface area contributed by atoms with E-state index in [0.29, 0.717) is 0 Å². The first-order valence-corrected chi connectivity index (χ1v) is 6.54. The molecule has 0 aliphatic heterocycles. The third-order valence-electron chi connectivity index (χ3n) is 2.05. The van der Waals surface area contributed by atoms with Gasteiger partial charge in [0.1, 0.15) is 11.2 Å². The fourth-order valence-electron chi connectivity index (χ4n) is 1.27. The number of anilines is 1. The zero-order valence-corrected chi connectivity index (χ0v) is 10.4. The van der Waals surface area contributed by atoms with Crippen molar-refractivity contribution in [3.05, 3.63) is 41.1 Å². The number of halogens is 1. The minimum atomic E-state index is -3.74. The highest BCUT2D eigenvalue weighted by Gasteiger charge is 2.19. The Labute approximate surface area is 103 Å². The zero-order valence-electron chi connectivity index (χ0n) is 8.84. The average molecular weight is 273 g/mol. The SMILES string of the molecule is Cc1ccc(Cl)c(S(=O)(=O)Nc2ccon2)c1. The Kier molecular flexibility index (Phi) is 3.08. The van der Waals surface area contributed by atoms with Crippen LogP contribution < -0.4 is 4.72 Å². The van der Waals surface area contributed by atoms with E-state index >= 15 is 0 Å². The molecule has 2 rings (SSSR count). The van der Waals surface area contributed by atoms with E-state index in [-0.39, 0.29) is 15.7 Å². The lowest BCUT2D eigenvalue weighted by atomic mass is 10.2. The molecule has 0 amide bonds. The van der Waals surface area contributed by atoms with Crippen molar-refractivity contribution in [2.45, 2.75) is 11.8 Å². The largest absolute Gasteiger partial charge is 0.363 e. The fraction of sp³-hybridized carbons (Fsp3) is 0.100. The quantitative estimate of drug-likeness (QED) is 0.931. The third kappa shape index (κ3) is 2.59. The number of aryl methyl sites for hydroxylation is 1. The number of rotatable bonds is 3. The summed E-state index contributed by atoms with van der Waals surface area (Å²) in [5.74, 6) is 0.113. The van der Waals surface area contributed by atoms with Gasteiger partial charge in [-0.15, -0.1) is 0 Å². The average Bonchev–Trinajstić information content (AvgIpc) is 2.73. The molecule has 0 aliphatic rings. The number of hydrogen-bond acceptors (Lipinski definition) is 4. The maximum atomic E-state index is 12.0. The maximum Gasteiger partial charge on any atom is 0.264 e.